The smallest absolute Gasteiger partial charge is 0.298 e. The fourth-order valence-corrected chi connectivity index (χ4v) is 4.20. The van der Waals surface area contributed by atoms with Gasteiger partial charge in [0.15, 0.2) is 6.61 Å². The zero-order valence-electron chi connectivity index (χ0n) is 17.6. The van der Waals surface area contributed by atoms with Gasteiger partial charge in [0.05, 0.1) is 15.6 Å². The van der Waals surface area contributed by atoms with Gasteiger partial charge in [0, 0.05) is 5.69 Å². The molecule has 6 nitrogen and oxygen atoms in total. The van der Waals surface area contributed by atoms with Crippen molar-refractivity contribution in [2.75, 3.05) is 16.8 Å². The number of thioether (sulfide) groups is 1. The van der Waals surface area contributed by atoms with E-state index >= 15 is 0 Å². The molecule has 0 radical (unpaired) electrons. The number of halogens is 1. The van der Waals surface area contributed by atoms with Gasteiger partial charge in [0.2, 0.25) is 0 Å². The van der Waals surface area contributed by atoms with Gasteiger partial charge < -0.3 is 10.1 Å². The maximum atomic E-state index is 12.7. The van der Waals surface area contributed by atoms with E-state index in [1.54, 1.807) is 48.5 Å². The molecule has 0 bridgehead atoms. The predicted molar refractivity (Wildman–Crippen MR) is 132 cm³/mol. The van der Waals surface area contributed by atoms with E-state index in [-0.39, 0.29) is 28.7 Å². The second kappa shape index (κ2) is 9.94. The number of anilines is 2. The van der Waals surface area contributed by atoms with Crippen molar-refractivity contribution in [3.05, 3.63) is 93.9 Å². The molecule has 3 aromatic rings. The minimum atomic E-state index is -0.388. The molecule has 1 fully saturated rings. The Balaban J connectivity index is 1.40. The van der Waals surface area contributed by atoms with Crippen LogP contribution >= 0.6 is 23.4 Å². The zero-order chi connectivity index (χ0) is 23.4. The molecule has 0 spiro atoms. The van der Waals surface area contributed by atoms with Crippen LogP contribution in [0, 0.1) is 6.92 Å². The minimum absolute atomic E-state index is 0.205. The van der Waals surface area contributed by atoms with Gasteiger partial charge >= 0.3 is 0 Å². The lowest BCUT2D eigenvalue weighted by atomic mass is 10.2. The Bertz CT molecular complexity index is 1240. The van der Waals surface area contributed by atoms with Crippen molar-refractivity contribution < 1.29 is 19.1 Å². The molecule has 1 heterocycles. The van der Waals surface area contributed by atoms with E-state index in [1.807, 2.05) is 37.3 Å². The molecule has 1 N–H and O–H groups in total. The lowest BCUT2D eigenvalue weighted by Gasteiger charge is -2.11. The monoisotopic (exact) mass is 478 g/mol. The third-order valence-corrected chi connectivity index (χ3v) is 5.92. The third kappa shape index (κ3) is 5.45. The SMILES string of the molecule is Cc1ccc(NC(=O)COc2ccc(/C=C3/SC(=O)N(c4ccccc4)C3=O)cc2Cl)cc1. The van der Waals surface area contributed by atoms with Crippen LogP contribution in [0.5, 0.6) is 5.75 Å². The van der Waals surface area contributed by atoms with Crippen LogP contribution < -0.4 is 15.0 Å². The van der Waals surface area contributed by atoms with Gasteiger partial charge in [-0.15, -0.1) is 0 Å². The molecule has 0 atom stereocenters. The summed E-state index contributed by atoms with van der Waals surface area (Å²) in [6.07, 6.45) is 1.60. The van der Waals surface area contributed by atoms with Crippen LogP contribution in [0.15, 0.2) is 77.7 Å². The molecule has 0 aliphatic carbocycles. The molecule has 3 amide bonds. The highest BCUT2D eigenvalue weighted by Gasteiger charge is 2.36. The van der Waals surface area contributed by atoms with E-state index in [0.717, 1.165) is 22.2 Å². The predicted octanol–water partition coefficient (Wildman–Crippen LogP) is 5.91. The number of imide groups is 1. The van der Waals surface area contributed by atoms with Crippen LogP contribution in [-0.4, -0.2) is 23.7 Å². The molecule has 0 saturated carbocycles. The van der Waals surface area contributed by atoms with Gasteiger partial charge in [-0.25, -0.2) is 4.90 Å². The van der Waals surface area contributed by atoms with Crippen molar-refractivity contribution in [2.45, 2.75) is 6.92 Å². The molecular weight excluding hydrogens is 460 g/mol. The first-order valence-electron chi connectivity index (χ1n) is 10.0. The molecule has 1 aliphatic heterocycles. The molecule has 0 aromatic heterocycles. The van der Waals surface area contributed by atoms with E-state index in [2.05, 4.69) is 5.32 Å². The molecule has 1 aliphatic rings. The number of nitrogens with zero attached hydrogens (tertiary/aromatic N) is 1. The summed E-state index contributed by atoms with van der Waals surface area (Å²) in [5.41, 5.74) is 2.94. The average molecular weight is 479 g/mol. The Morgan fingerprint density at radius 2 is 1.79 bits per heavy atom. The molecule has 4 rings (SSSR count). The highest BCUT2D eigenvalue weighted by Crippen LogP contribution is 2.36. The van der Waals surface area contributed by atoms with E-state index in [1.165, 1.54) is 0 Å². The molecule has 33 heavy (non-hydrogen) atoms. The maximum Gasteiger partial charge on any atom is 0.298 e. The van der Waals surface area contributed by atoms with Crippen LogP contribution in [-0.2, 0) is 9.59 Å². The van der Waals surface area contributed by atoms with Gasteiger partial charge in [-0.05, 0) is 66.7 Å². The highest BCUT2D eigenvalue weighted by molar-refractivity contribution is 8.19. The quantitative estimate of drug-likeness (QED) is 0.446. The lowest BCUT2D eigenvalue weighted by molar-refractivity contribution is -0.118. The Morgan fingerprint density at radius 3 is 2.48 bits per heavy atom. The summed E-state index contributed by atoms with van der Waals surface area (Å²) >= 11 is 7.18. The van der Waals surface area contributed by atoms with Gasteiger partial charge in [-0.1, -0.05) is 53.6 Å². The summed E-state index contributed by atoms with van der Waals surface area (Å²) in [5.74, 6) is -0.362. The number of carbonyl (C=O) groups is 3. The highest BCUT2D eigenvalue weighted by atomic mass is 35.5. The number of aryl methyl sites for hydroxylation is 1. The Morgan fingerprint density at radius 1 is 1.06 bits per heavy atom. The maximum absolute atomic E-state index is 12.7. The zero-order valence-corrected chi connectivity index (χ0v) is 19.2. The Labute approximate surface area is 200 Å². The summed E-state index contributed by atoms with van der Waals surface area (Å²) in [6, 6.07) is 21.1. The van der Waals surface area contributed by atoms with Crippen LogP contribution in [0.1, 0.15) is 11.1 Å². The van der Waals surface area contributed by atoms with Crippen LogP contribution in [0.2, 0.25) is 5.02 Å². The number of carbonyl (C=O) groups excluding carboxylic acids is 3. The first-order valence-corrected chi connectivity index (χ1v) is 11.2. The van der Waals surface area contributed by atoms with Gasteiger partial charge in [-0.2, -0.15) is 0 Å². The molecule has 1 saturated heterocycles. The molecule has 166 valence electrons. The van der Waals surface area contributed by atoms with Gasteiger partial charge in [0.1, 0.15) is 5.75 Å². The number of rotatable bonds is 6. The largest absolute Gasteiger partial charge is 0.482 e. The molecule has 8 heteroatoms. The Hall–Kier alpha value is -3.55. The van der Waals surface area contributed by atoms with E-state index in [0.29, 0.717) is 27.6 Å². The number of benzene rings is 3. The number of para-hydroxylation sites is 1. The number of ether oxygens (including phenoxy) is 1. The number of hydrogen-bond acceptors (Lipinski definition) is 5. The van der Waals surface area contributed by atoms with Crippen molar-refractivity contribution in [3.8, 4) is 5.75 Å². The normalized spacial score (nSPS) is 14.6. The summed E-state index contributed by atoms with van der Waals surface area (Å²) < 4.78 is 5.53. The molecular formula is C25H19ClN2O4S. The van der Waals surface area contributed by atoms with Crippen molar-refractivity contribution in [1.29, 1.82) is 0 Å². The number of amides is 3. The molecule has 0 unspecified atom stereocenters. The van der Waals surface area contributed by atoms with Crippen LogP contribution in [0.3, 0.4) is 0 Å². The fourth-order valence-electron chi connectivity index (χ4n) is 3.12. The summed E-state index contributed by atoms with van der Waals surface area (Å²) in [4.78, 5) is 38.6. The molecule has 3 aromatic carbocycles. The standard InChI is InChI=1S/C25H19ClN2O4S/c1-16-7-10-18(11-8-16)27-23(29)15-32-21-12-9-17(13-20(21)26)14-22-24(30)28(25(31)33-22)19-5-3-2-4-6-19/h2-14H,15H2,1H3,(H,27,29)/b22-14+. The second-order valence-corrected chi connectivity index (χ2v) is 8.65. The van der Waals surface area contributed by atoms with Crippen LogP contribution in [0.4, 0.5) is 16.2 Å². The third-order valence-electron chi connectivity index (χ3n) is 4.76. The summed E-state index contributed by atoms with van der Waals surface area (Å²) in [5, 5.41) is 2.68. The number of nitrogens with one attached hydrogen (secondary N) is 1. The topological polar surface area (TPSA) is 75.7 Å². The average Bonchev–Trinajstić information content (AvgIpc) is 3.08. The van der Waals surface area contributed by atoms with Gasteiger partial charge in [-0.3, -0.25) is 14.4 Å². The first-order chi connectivity index (χ1) is 15.9. The van der Waals surface area contributed by atoms with Crippen molar-refractivity contribution >= 4 is 57.9 Å². The van der Waals surface area contributed by atoms with E-state index in [9.17, 15) is 14.4 Å². The summed E-state index contributed by atoms with van der Waals surface area (Å²) in [7, 11) is 0. The lowest BCUT2D eigenvalue weighted by Crippen LogP contribution is -2.27. The van der Waals surface area contributed by atoms with Crippen molar-refractivity contribution in [2.24, 2.45) is 0 Å². The minimum Gasteiger partial charge on any atom is -0.482 e. The van der Waals surface area contributed by atoms with E-state index < -0.39 is 0 Å². The van der Waals surface area contributed by atoms with E-state index in [4.69, 9.17) is 16.3 Å². The summed E-state index contributed by atoms with van der Waals surface area (Å²) in [6.45, 7) is 1.76. The second-order valence-electron chi connectivity index (χ2n) is 7.25. The Kier molecular flexibility index (Phi) is 6.82. The fraction of sp³-hybridized carbons (Fsp3) is 0.0800. The van der Waals surface area contributed by atoms with Gasteiger partial charge in [0.25, 0.3) is 17.1 Å². The number of hydrogen-bond donors (Lipinski definition) is 1. The van der Waals surface area contributed by atoms with Crippen molar-refractivity contribution in [3.63, 3.8) is 0 Å². The van der Waals surface area contributed by atoms with Crippen LogP contribution in [0.25, 0.3) is 6.08 Å². The first kappa shape index (κ1) is 22.6. The van der Waals surface area contributed by atoms with Crippen molar-refractivity contribution in [1.82, 2.24) is 0 Å².